The highest BCUT2D eigenvalue weighted by atomic mass is 16.5. The summed E-state index contributed by atoms with van der Waals surface area (Å²) in [5, 5.41) is 45.9. The fraction of sp³-hybridized carbons (Fsp3) is 0.909. The molecule has 8 heteroatoms. The third-order valence-corrected chi connectivity index (χ3v) is 13.0. The Morgan fingerprint density at radius 2 is 1.83 bits per heavy atom. The van der Waals surface area contributed by atoms with E-state index in [2.05, 4.69) is 6.92 Å². The molecule has 8 nitrogen and oxygen atoms in total. The van der Waals surface area contributed by atoms with E-state index in [0.717, 1.165) is 31.3 Å². The van der Waals surface area contributed by atoms with Crippen LogP contribution in [0.15, 0.2) is 11.6 Å². The molecule has 1 aliphatic heterocycles. The molecule has 5 aliphatic rings. The van der Waals surface area contributed by atoms with Gasteiger partial charge in [-0.25, -0.2) is 0 Å². The molecule has 234 valence electrons. The predicted octanol–water partition coefficient (Wildman–Crippen LogP) is 3.42. The quantitative estimate of drug-likeness (QED) is 0.307. The highest BCUT2D eigenvalue weighted by Crippen LogP contribution is 2.68. The van der Waals surface area contributed by atoms with Crippen LogP contribution in [0.2, 0.25) is 0 Å². The van der Waals surface area contributed by atoms with Crippen molar-refractivity contribution in [2.24, 2.45) is 40.4 Å². The lowest BCUT2D eigenvalue weighted by atomic mass is 9.46. The molecule has 0 radical (unpaired) electrons. The molecule has 3 saturated carbocycles. The van der Waals surface area contributed by atoms with Crippen LogP contribution in [0.25, 0.3) is 0 Å². The Morgan fingerprint density at radius 3 is 2.49 bits per heavy atom. The molecule has 4 N–H and O–H groups in total. The smallest absolute Gasteiger partial charge is 0.159 e. The highest BCUT2D eigenvalue weighted by molar-refractivity contribution is 5.95. The number of methoxy groups -OCH3 is 1. The molecule has 13 unspecified atom stereocenters. The summed E-state index contributed by atoms with van der Waals surface area (Å²) >= 11 is 0. The van der Waals surface area contributed by atoms with Crippen LogP contribution in [0, 0.1) is 40.4 Å². The third kappa shape index (κ3) is 4.79. The van der Waals surface area contributed by atoms with Crippen molar-refractivity contribution in [1.82, 2.24) is 0 Å². The first-order valence-electron chi connectivity index (χ1n) is 16.0. The van der Waals surface area contributed by atoms with Gasteiger partial charge in [-0.3, -0.25) is 4.79 Å². The Balaban J connectivity index is 1.38. The van der Waals surface area contributed by atoms with Crippen LogP contribution in [-0.4, -0.2) is 88.8 Å². The fourth-order valence-electron chi connectivity index (χ4n) is 10.0. The molecule has 0 aromatic rings. The van der Waals surface area contributed by atoms with Crippen LogP contribution in [0.3, 0.4) is 0 Å². The molecule has 1 saturated heterocycles. The van der Waals surface area contributed by atoms with Gasteiger partial charge in [0.2, 0.25) is 0 Å². The summed E-state index contributed by atoms with van der Waals surface area (Å²) in [4.78, 5) is 13.7. The van der Waals surface area contributed by atoms with Gasteiger partial charge in [0.25, 0.3) is 0 Å². The number of aliphatic hydroxyl groups excluding tert-OH is 2. The van der Waals surface area contributed by atoms with Gasteiger partial charge >= 0.3 is 0 Å². The van der Waals surface area contributed by atoms with Crippen LogP contribution in [0.1, 0.15) is 86.0 Å². The van der Waals surface area contributed by atoms with Crippen LogP contribution in [0.5, 0.6) is 0 Å². The summed E-state index contributed by atoms with van der Waals surface area (Å²) in [6.07, 6.45) is 5.59. The molecular formula is C33H54O8. The van der Waals surface area contributed by atoms with Gasteiger partial charge in [0.15, 0.2) is 5.78 Å². The lowest BCUT2D eigenvalue weighted by Crippen LogP contribution is -2.63. The number of carbonyl (C=O) groups is 1. The second-order valence-corrected chi connectivity index (χ2v) is 14.8. The lowest BCUT2D eigenvalue weighted by molar-refractivity contribution is -0.197. The maximum atomic E-state index is 13.7. The first-order chi connectivity index (χ1) is 19.3. The minimum Gasteiger partial charge on any atom is -0.394 e. The summed E-state index contributed by atoms with van der Waals surface area (Å²) in [5.74, 6) is -0.278. The van der Waals surface area contributed by atoms with E-state index in [9.17, 15) is 25.2 Å². The molecule has 4 aliphatic carbocycles. The molecule has 1 heterocycles. The molecule has 41 heavy (non-hydrogen) atoms. The maximum Gasteiger partial charge on any atom is 0.159 e. The summed E-state index contributed by atoms with van der Waals surface area (Å²) in [6, 6.07) is 0. The largest absolute Gasteiger partial charge is 0.394 e. The normalized spacial score (nSPS) is 48.1. The zero-order valence-electron chi connectivity index (χ0n) is 26.0. The van der Waals surface area contributed by atoms with Crippen molar-refractivity contribution in [3.05, 3.63) is 11.6 Å². The molecule has 4 fully saturated rings. The lowest BCUT2D eigenvalue weighted by Gasteiger charge is -2.60. The number of carbonyl (C=O) groups excluding carboxylic acids is 1. The summed E-state index contributed by atoms with van der Waals surface area (Å²) in [5.41, 5.74) is -2.81. The number of ketones is 1. The molecule has 13 atom stereocenters. The van der Waals surface area contributed by atoms with Gasteiger partial charge in [-0.05, 0) is 99.0 Å². The topological polar surface area (TPSA) is 126 Å². The number of rotatable bonds is 9. The second-order valence-electron chi connectivity index (χ2n) is 14.8. The number of hydrogen-bond donors (Lipinski definition) is 4. The SMILES string of the molecule is COCCCOC1CCC2(C)C(C1)C(=O)C=C1C2CCC2(C)C(C(C)(O)C(O)C3OC(CO)C(C)C3C)CCC12O. The van der Waals surface area contributed by atoms with E-state index in [0.29, 0.717) is 38.9 Å². The van der Waals surface area contributed by atoms with E-state index in [-0.39, 0.29) is 59.6 Å². The van der Waals surface area contributed by atoms with Gasteiger partial charge in [-0.1, -0.05) is 27.7 Å². The van der Waals surface area contributed by atoms with Crippen LogP contribution in [0.4, 0.5) is 0 Å². The first-order valence-corrected chi connectivity index (χ1v) is 16.0. The zero-order valence-corrected chi connectivity index (χ0v) is 26.0. The van der Waals surface area contributed by atoms with E-state index < -0.39 is 28.8 Å². The van der Waals surface area contributed by atoms with Gasteiger partial charge in [0.05, 0.1) is 36.1 Å². The van der Waals surface area contributed by atoms with Crippen molar-refractivity contribution in [2.75, 3.05) is 26.9 Å². The van der Waals surface area contributed by atoms with Crippen molar-refractivity contribution < 1.29 is 39.4 Å². The molecule has 0 amide bonds. The van der Waals surface area contributed by atoms with Gasteiger partial charge in [-0.15, -0.1) is 0 Å². The van der Waals surface area contributed by atoms with Gasteiger partial charge < -0.3 is 34.6 Å². The van der Waals surface area contributed by atoms with E-state index in [4.69, 9.17) is 14.2 Å². The number of fused-ring (bicyclic) bond motifs is 5. The first kappa shape index (κ1) is 31.6. The maximum absolute atomic E-state index is 13.7. The number of ether oxygens (including phenoxy) is 3. The Hall–Kier alpha value is -0.870. The summed E-state index contributed by atoms with van der Waals surface area (Å²) < 4.78 is 17.3. The Morgan fingerprint density at radius 1 is 1.10 bits per heavy atom. The van der Waals surface area contributed by atoms with Crippen LogP contribution in [-0.2, 0) is 19.0 Å². The standard InChI is InChI=1S/C33H54O8/c1-19-20(2)28(41-26(19)18-34)29(36)32(5,37)27-10-13-33(38)23-17-25(35)24-16-21(40-15-7-14-39-6)8-11-30(24,3)22(23)9-12-31(27,33)4/h17,19-22,24,26-29,34,36-38H,7-16,18H2,1-6H3. The fourth-order valence-corrected chi connectivity index (χ4v) is 10.0. The van der Waals surface area contributed by atoms with Crippen LogP contribution < -0.4 is 0 Å². The molecule has 0 aromatic heterocycles. The van der Waals surface area contributed by atoms with Crippen molar-refractivity contribution in [3.8, 4) is 0 Å². The predicted molar refractivity (Wildman–Crippen MR) is 154 cm³/mol. The van der Waals surface area contributed by atoms with Crippen molar-refractivity contribution in [1.29, 1.82) is 0 Å². The number of allylic oxidation sites excluding steroid dienone is 1. The van der Waals surface area contributed by atoms with Gasteiger partial charge in [0.1, 0.15) is 6.10 Å². The second kappa shape index (κ2) is 11.2. The average molecular weight is 579 g/mol. The number of hydrogen-bond acceptors (Lipinski definition) is 8. The third-order valence-electron chi connectivity index (χ3n) is 13.0. The minimum absolute atomic E-state index is 0.0351. The summed E-state index contributed by atoms with van der Waals surface area (Å²) in [7, 11) is 1.69. The molecule has 0 spiro atoms. The van der Waals surface area contributed by atoms with Gasteiger partial charge in [0, 0.05) is 31.7 Å². The van der Waals surface area contributed by atoms with E-state index in [1.165, 1.54) is 0 Å². The van der Waals surface area contributed by atoms with E-state index >= 15 is 0 Å². The van der Waals surface area contributed by atoms with E-state index in [1.54, 1.807) is 20.1 Å². The van der Waals surface area contributed by atoms with Crippen molar-refractivity contribution in [3.63, 3.8) is 0 Å². The Labute approximate surface area is 245 Å². The molecule has 5 rings (SSSR count). The van der Waals surface area contributed by atoms with E-state index in [1.807, 2.05) is 20.8 Å². The Bertz CT molecular complexity index is 1010. The Kier molecular flexibility index (Phi) is 8.65. The molecule has 0 aromatic carbocycles. The highest BCUT2D eigenvalue weighted by Gasteiger charge is 2.69. The minimum atomic E-state index is -1.51. The van der Waals surface area contributed by atoms with Crippen LogP contribution >= 0.6 is 0 Å². The molecular weight excluding hydrogens is 524 g/mol. The van der Waals surface area contributed by atoms with Crippen molar-refractivity contribution in [2.45, 2.75) is 122 Å². The monoisotopic (exact) mass is 578 g/mol. The molecule has 0 bridgehead atoms. The average Bonchev–Trinajstić information content (AvgIpc) is 3.39. The number of aliphatic hydroxyl groups is 4. The van der Waals surface area contributed by atoms with Crippen molar-refractivity contribution >= 4 is 5.78 Å². The summed E-state index contributed by atoms with van der Waals surface area (Å²) in [6.45, 7) is 11.2. The zero-order chi connectivity index (χ0) is 30.0. The van der Waals surface area contributed by atoms with Gasteiger partial charge in [-0.2, -0.15) is 0 Å².